The highest BCUT2D eigenvalue weighted by Gasteiger charge is 2.23. The first-order chi connectivity index (χ1) is 13.4. The van der Waals surface area contributed by atoms with Gasteiger partial charge < -0.3 is 14.8 Å². The summed E-state index contributed by atoms with van der Waals surface area (Å²) in [6.45, 7) is 0.301. The van der Waals surface area contributed by atoms with Crippen molar-refractivity contribution in [1.82, 2.24) is 9.88 Å². The third-order valence-corrected chi connectivity index (χ3v) is 5.36. The molecule has 28 heavy (non-hydrogen) atoms. The van der Waals surface area contributed by atoms with Crippen molar-refractivity contribution in [2.24, 2.45) is 5.92 Å². The second-order valence-electron chi connectivity index (χ2n) is 7.64. The van der Waals surface area contributed by atoms with Crippen LogP contribution in [0.3, 0.4) is 0 Å². The molecular formula is C22H27N3O3. The average molecular weight is 381 g/mol. The van der Waals surface area contributed by atoms with Crippen LogP contribution in [0.25, 0.3) is 0 Å². The minimum atomic E-state index is -0.473. The summed E-state index contributed by atoms with van der Waals surface area (Å²) in [6.07, 6.45) is 5.39. The molecule has 0 spiro atoms. The maximum atomic E-state index is 12.8. The standard InChI is InChI=1S/C22H27N3O3/c1-23-21(27)19-12-17(20(26)11-15-6-4-7-15)14-25(22(19)28)13-16-8-5-9-18(10-16)24(2)3/h5,8-10,12,14-15H,4,6-7,11,13H2,1-3H3,(H,23,27). The predicted octanol–water partition coefficient (Wildman–Crippen LogP) is 2.70. The van der Waals surface area contributed by atoms with Crippen molar-refractivity contribution in [3.05, 3.63) is 63.6 Å². The smallest absolute Gasteiger partial charge is 0.263 e. The molecule has 0 atom stereocenters. The summed E-state index contributed by atoms with van der Waals surface area (Å²) in [4.78, 5) is 39.7. The first kappa shape index (κ1) is 19.9. The largest absolute Gasteiger partial charge is 0.378 e. The molecular weight excluding hydrogens is 354 g/mol. The van der Waals surface area contributed by atoms with Gasteiger partial charge >= 0.3 is 0 Å². The van der Waals surface area contributed by atoms with Gasteiger partial charge in [-0.05, 0) is 29.7 Å². The maximum Gasteiger partial charge on any atom is 0.263 e. The number of hydrogen-bond acceptors (Lipinski definition) is 4. The highest BCUT2D eigenvalue weighted by Crippen LogP contribution is 2.30. The van der Waals surface area contributed by atoms with E-state index in [0.717, 1.165) is 24.1 Å². The first-order valence-electron chi connectivity index (χ1n) is 9.65. The van der Waals surface area contributed by atoms with Crippen LogP contribution in [0.5, 0.6) is 0 Å². The van der Waals surface area contributed by atoms with E-state index >= 15 is 0 Å². The molecule has 1 aliphatic rings. The van der Waals surface area contributed by atoms with E-state index in [4.69, 9.17) is 0 Å². The van der Waals surface area contributed by atoms with E-state index in [1.807, 2.05) is 43.3 Å². The molecule has 6 heteroatoms. The number of benzene rings is 1. The van der Waals surface area contributed by atoms with Crippen molar-refractivity contribution >= 4 is 17.4 Å². The van der Waals surface area contributed by atoms with Gasteiger partial charge in [0.05, 0.1) is 6.54 Å². The Morgan fingerprint density at radius 1 is 1.21 bits per heavy atom. The molecule has 1 N–H and O–H groups in total. The Morgan fingerprint density at radius 3 is 2.57 bits per heavy atom. The van der Waals surface area contributed by atoms with Crippen LogP contribution in [0, 0.1) is 5.92 Å². The molecule has 0 unspecified atom stereocenters. The molecule has 1 heterocycles. The Labute approximate surface area is 165 Å². The highest BCUT2D eigenvalue weighted by atomic mass is 16.2. The van der Waals surface area contributed by atoms with Crippen molar-refractivity contribution in [3.8, 4) is 0 Å². The summed E-state index contributed by atoms with van der Waals surface area (Å²) in [5, 5.41) is 2.50. The van der Waals surface area contributed by atoms with Crippen LogP contribution in [-0.2, 0) is 6.54 Å². The lowest BCUT2D eigenvalue weighted by Crippen LogP contribution is -2.32. The van der Waals surface area contributed by atoms with Crippen molar-refractivity contribution in [1.29, 1.82) is 0 Å². The van der Waals surface area contributed by atoms with Crippen LogP contribution in [0.2, 0.25) is 0 Å². The normalized spacial score (nSPS) is 13.7. The molecule has 0 bridgehead atoms. The monoisotopic (exact) mass is 381 g/mol. The van der Waals surface area contributed by atoms with E-state index in [9.17, 15) is 14.4 Å². The fourth-order valence-corrected chi connectivity index (χ4v) is 3.41. The number of rotatable bonds is 7. The topological polar surface area (TPSA) is 71.4 Å². The maximum absolute atomic E-state index is 12.8. The van der Waals surface area contributed by atoms with Gasteiger partial charge in [0, 0.05) is 45.0 Å². The lowest BCUT2D eigenvalue weighted by Gasteiger charge is -2.24. The van der Waals surface area contributed by atoms with Crippen LogP contribution >= 0.6 is 0 Å². The molecule has 1 aromatic carbocycles. The second-order valence-corrected chi connectivity index (χ2v) is 7.64. The van der Waals surface area contributed by atoms with Gasteiger partial charge in [-0.2, -0.15) is 0 Å². The minimum Gasteiger partial charge on any atom is -0.378 e. The molecule has 1 aromatic heterocycles. The predicted molar refractivity (Wildman–Crippen MR) is 110 cm³/mol. The number of pyridine rings is 1. The lowest BCUT2D eigenvalue weighted by atomic mass is 9.81. The zero-order chi connectivity index (χ0) is 20.3. The molecule has 1 fully saturated rings. The zero-order valence-corrected chi connectivity index (χ0v) is 16.7. The van der Waals surface area contributed by atoms with E-state index in [-0.39, 0.29) is 11.3 Å². The summed E-state index contributed by atoms with van der Waals surface area (Å²) >= 11 is 0. The van der Waals surface area contributed by atoms with Gasteiger partial charge in [0.2, 0.25) is 0 Å². The summed E-state index contributed by atoms with van der Waals surface area (Å²) in [5.74, 6) is -0.0576. The number of Topliss-reactive ketones (excluding diaryl/α,β-unsaturated/α-hetero) is 1. The van der Waals surface area contributed by atoms with Crippen molar-refractivity contribution in [2.75, 3.05) is 26.0 Å². The first-order valence-corrected chi connectivity index (χ1v) is 9.65. The summed E-state index contributed by atoms with van der Waals surface area (Å²) in [5.41, 5.74) is 1.99. The van der Waals surface area contributed by atoms with E-state index in [0.29, 0.717) is 24.4 Å². The quantitative estimate of drug-likeness (QED) is 0.749. The Bertz CT molecular complexity index is 942. The second kappa shape index (κ2) is 8.42. The minimum absolute atomic E-state index is 0.00530. The van der Waals surface area contributed by atoms with E-state index in [1.165, 1.54) is 24.1 Å². The molecule has 0 aliphatic heterocycles. The summed E-state index contributed by atoms with van der Waals surface area (Å²) < 4.78 is 1.47. The Hall–Kier alpha value is -2.89. The van der Waals surface area contributed by atoms with Gasteiger partial charge in [-0.15, -0.1) is 0 Å². The van der Waals surface area contributed by atoms with Crippen LogP contribution < -0.4 is 15.8 Å². The van der Waals surface area contributed by atoms with Crippen LogP contribution in [0.1, 0.15) is 52.0 Å². The molecule has 2 aromatic rings. The molecule has 1 amide bonds. The van der Waals surface area contributed by atoms with Crippen LogP contribution in [0.4, 0.5) is 5.69 Å². The fourth-order valence-electron chi connectivity index (χ4n) is 3.41. The van der Waals surface area contributed by atoms with Crippen molar-refractivity contribution in [3.63, 3.8) is 0 Å². The molecule has 148 valence electrons. The number of nitrogens with zero attached hydrogens (tertiary/aromatic N) is 2. The molecule has 1 aliphatic carbocycles. The molecule has 6 nitrogen and oxygen atoms in total. The number of anilines is 1. The van der Waals surface area contributed by atoms with Crippen LogP contribution in [-0.4, -0.2) is 37.4 Å². The van der Waals surface area contributed by atoms with Gasteiger partial charge in [-0.3, -0.25) is 14.4 Å². The number of nitrogens with one attached hydrogen (secondary N) is 1. The zero-order valence-electron chi connectivity index (χ0n) is 16.7. The number of ketones is 1. The van der Waals surface area contributed by atoms with Crippen molar-refractivity contribution in [2.45, 2.75) is 32.2 Å². The van der Waals surface area contributed by atoms with Gasteiger partial charge in [0.25, 0.3) is 11.5 Å². The lowest BCUT2D eigenvalue weighted by molar-refractivity contribution is 0.0935. The molecule has 0 saturated heterocycles. The summed E-state index contributed by atoms with van der Waals surface area (Å²) in [7, 11) is 5.39. The number of amides is 1. The SMILES string of the molecule is CNC(=O)c1cc(C(=O)CC2CCC2)cn(Cc2cccc(N(C)C)c2)c1=O. The van der Waals surface area contributed by atoms with Gasteiger partial charge in [-0.25, -0.2) is 0 Å². The Balaban J connectivity index is 1.97. The molecule has 0 radical (unpaired) electrons. The Kier molecular flexibility index (Phi) is 5.97. The number of carbonyl (C=O) groups excluding carboxylic acids is 2. The van der Waals surface area contributed by atoms with E-state index in [2.05, 4.69) is 5.32 Å². The van der Waals surface area contributed by atoms with Gasteiger partial charge in [0.1, 0.15) is 5.56 Å². The van der Waals surface area contributed by atoms with Gasteiger partial charge in [-0.1, -0.05) is 31.4 Å². The number of aromatic nitrogens is 1. The van der Waals surface area contributed by atoms with E-state index < -0.39 is 11.5 Å². The molecule has 3 rings (SSSR count). The highest BCUT2D eigenvalue weighted by molar-refractivity contribution is 6.00. The number of hydrogen-bond donors (Lipinski definition) is 1. The molecule has 1 saturated carbocycles. The Morgan fingerprint density at radius 2 is 1.96 bits per heavy atom. The third-order valence-electron chi connectivity index (χ3n) is 5.36. The van der Waals surface area contributed by atoms with Crippen molar-refractivity contribution < 1.29 is 9.59 Å². The number of carbonyl (C=O) groups is 2. The van der Waals surface area contributed by atoms with E-state index in [1.54, 1.807) is 6.20 Å². The summed E-state index contributed by atoms with van der Waals surface area (Å²) in [6, 6.07) is 9.29. The van der Waals surface area contributed by atoms with Crippen LogP contribution in [0.15, 0.2) is 41.3 Å². The van der Waals surface area contributed by atoms with Gasteiger partial charge in [0.15, 0.2) is 5.78 Å². The third kappa shape index (κ3) is 4.32. The fraction of sp³-hybridized carbons (Fsp3) is 0.409. The average Bonchev–Trinajstić information content (AvgIpc) is 2.65.